The Balaban J connectivity index is 2.05. The van der Waals surface area contributed by atoms with E-state index in [1.165, 1.54) is 17.0 Å². The molecule has 6 heteroatoms. The van der Waals surface area contributed by atoms with Gasteiger partial charge in [0.05, 0.1) is 13.2 Å². The Morgan fingerprint density at radius 2 is 2.37 bits per heavy atom. The SMILES string of the molecule is C=C(Cl)OC(=O)N1CCO[C@@H](c2cccc(F)c2)C1. The molecule has 19 heavy (non-hydrogen) atoms. The maximum Gasteiger partial charge on any atom is 0.416 e. The first-order valence-electron chi connectivity index (χ1n) is 5.74. The number of morpholine rings is 1. The summed E-state index contributed by atoms with van der Waals surface area (Å²) in [5.41, 5.74) is 0.683. The quantitative estimate of drug-likeness (QED) is 0.784. The van der Waals surface area contributed by atoms with Crippen LogP contribution in [0, 0.1) is 5.82 Å². The number of halogens is 2. The second-order valence-corrected chi connectivity index (χ2v) is 4.51. The van der Waals surface area contributed by atoms with Crippen molar-refractivity contribution >= 4 is 17.7 Å². The van der Waals surface area contributed by atoms with Gasteiger partial charge in [-0.2, -0.15) is 0 Å². The Kier molecular flexibility index (Phi) is 4.39. The van der Waals surface area contributed by atoms with Crippen molar-refractivity contribution in [2.75, 3.05) is 19.7 Å². The molecule has 0 N–H and O–H groups in total. The summed E-state index contributed by atoms with van der Waals surface area (Å²) in [5.74, 6) is -0.338. The third-order valence-corrected chi connectivity index (χ3v) is 2.82. The highest BCUT2D eigenvalue weighted by molar-refractivity contribution is 6.28. The molecule has 1 saturated heterocycles. The third kappa shape index (κ3) is 3.68. The molecule has 1 atom stereocenters. The number of hydrogen-bond acceptors (Lipinski definition) is 3. The van der Waals surface area contributed by atoms with Gasteiger partial charge in [0.15, 0.2) is 5.22 Å². The zero-order valence-electron chi connectivity index (χ0n) is 10.1. The van der Waals surface area contributed by atoms with Crippen molar-refractivity contribution in [3.63, 3.8) is 0 Å². The lowest BCUT2D eigenvalue weighted by molar-refractivity contribution is -0.0244. The number of ether oxygens (including phenoxy) is 2. The van der Waals surface area contributed by atoms with Crippen LogP contribution in [-0.4, -0.2) is 30.7 Å². The minimum atomic E-state index is -0.579. The highest BCUT2D eigenvalue weighted by Crippen LogP contribution is 2.23. The maximum atomic E-state index is 13.2. The van der Waals surface area contributed by atoms with Gasteiger partial charge in [0.25, 0.3) is 0 Å². The molecule has 1 aliphatic heterocycles. The van der Waals surface area contributed by atoms with Crippen molar-refractivity contribution in [2.45, 2.75) is 6.10 Å². The van der Waals surface area contributed by atoms with Crippen LogP contribution >= 0.6 is 11.6 Å². The minimum Gasteiger partial charge on any atom is -0.398 e. The van der Waals surface area contributed by atoms with Crippen LogP contribution in [0.5, 0.6) is 0 Å². The lowest BCUT2D eigenvalue weighted by atomic mass is 10.1. The van der Waals surface area contributed by atoms with Crippen LogP contribution in [0.2, 0.25) is 0 Å². The van der Waals surface area contributed by atoms with E-state index in [-0.39, 0.29) is 23.7 Å². The normalized spacial score (nSPS) is 19.1. The number of carbonyl (C=O) groups is 1. The summed E-state index contributed by atoms with van der Waals surface area (Å²) in [6.45, 7) is 4.33. The molecule has 4 nitrogen and oxygen atoms in total. The molecule has 1 aromatic rings. The Labute approximate surface area is 115 Å². The van der Waals surface area contributed by atoms with Crippen molar-refractivity contribution in [1.29, 1.82) is 0 Å². The summed E-state index contributed by atoms with van der Waals surface area (Å²) < 4.78 is 23.4. The van der Waals surface area contributed by atoms with Crippen LogP contribution in [0.1, 0.15) is 11.7 Å². The molecular weight excluding hydrogens is 273 g/mol. The van der Waals surface area contributed by atoms with Gasteiger partial charge in [0.2, 0.25) is 0 Å². The fraction of sp³-hybridized carbons (Fsp3) is 0.308. The first kappa shape index (κ1) is 13.8. The fourth-order valence-electron chi connectivity index (χ4n) is 1.88. The van der Waals surface area contributed by atoms with Gasteiger partial charge in [-0.3, -0.25) is 0 Å². The average Bonchev–Trinajstić information content (AvgIpc) is 2.38. The van der Waals surface area contributed by atoms with E-state index in [0.29, 0.717) is 18.7 Å². The predicted molar refractivity (Wildman–Crippen MR) is 68.1 cm³/mol. The van der Waals surface area contributed by atoms with E-state index in [4.69, 9.17) is 21.1 Å². The van der Waals surface area contributed by atoms with E-state index in [0.717, 1.165) is 0 Å². The first-order valence-corrected chi connectivity index (χ1v) is 6.12. The lowest BCUT2D eigenvalue weighted by Crippen LogP contribution is -2.42. The summed E-state index contributed by atoms with van der Waals surface area (Å²) in [4.78, 5) is 13.1. The van der Waals surface area contributed by atoms with Crippen LogP contribution in [-0.2, 0) is 9.47 Å². The molecule has 0 radical (unpaired) electrons. The summed E-state index contributed by atoms with van der Waals surface area (Å²) in [5, 5.41) is -0.182. The van der Waals surface area contributed by atoms with Gasteiger partial charge in [-0.05, 0) is 35.9 Å². The van der Waals surface area contributed by atoms with Crippen LogP contribution in [0.25, 0.3) is 0 Å². The molecule has 0 aliphatic carbocycles. The topological polar surface area (TPSA) is 38.8 Å². The van der Waals surface area contributed by atoms with Gasteiger partial charge in [0, 0.05) is 6.54 Å². The van der Waals surface area contributed by atoms with Crippen molar-refractivity contribution in [3.8, 4) is 0 Å². The largest absolute Gasteiger partial charge is 0.416 e. The molecule has 0 aromatic heterocycles. The standard InChI is InChI=1S/C13H13ClFNO3/c1-9(14)19-13(17)16-5-6-18-12(8-16)10-3-2-4-11(15)7-10/h2-4,7,12H,1,5-6,8H2/t12-/m1/s1. The highest BCUT2D eigenvalue weighted by atomic mass is 35.5. The Bertz CT molecular complexity index is 495. The summed E-state index contributed by atoms with van der Waals surface area (Å²) in [7, 11) is 0. The van der Waals surface area contributed by atoms with Crippen LogP contribution in [0.3, 0.4) is 0 Å². The molecular formula is C13H13ClFNO3. The predicted octanol–water partition coefficient (Wildman–Crippen LogP) is 3.05. The third-order valence-electron chi connectivity index (χ3n) is 2.74. The minimum absolute atomic E-state index is 0.182. The Hall–Kier alpha value is -1.59. The second kappa shape index (κ2) is 6.04. The van der Waals surface area contributed by atoms with E-state index in [1.807, 2.05) is 0 Å². The molecule has 0 bridgehead atoms. The second-order valence-electron chi connectivity index (χ2n) is 4.08. The summed E-state index contributed by atoms with van der Waals surface area (Å²) in [6.07, 6.45) is -0.953. The zero-order valence-corrected chi connectivity index (χ0v) is 10.9. The maximum absolute atomic E-state index is 13.2. The van der Waals surface area contributed by atoms with Crippen molar-refractivity contribution < 1.29 is 18.7 Å². The molecule has 1 fully saturated rings. The average molecular weight is 286 g/mol. The molecule has 1 heterocycles. The smallest absolute Gasteiger partial charge is 0.398 e. The van der Waals surface area contributed by atoms with Gasteiger partial charge >= 0.3 is 6.09 Å². The van der Waals surface area contributed by atoms with Gasteiger partial charge in [-0.15, -0.1) is 0 Å². The summed E-state index contributed by atoms with van der Waals surface area (Å²) >= 11 is 5.42. The number of rotatable bonds is 2. The number of nitrogens with zero attached hydrogens (tertiary/aromatic N) is 1. The molecule has 0 saturated carbocycles. The molecule has 1 amide bonds. The van der Waals surface area contributed by atoms with Crippen molar-refractivity contribution in [3.05, 3.63) is 47.4 Å². The number of benzene rings is 1. The molecule has 0 unspecified atom stereocenters. The molecule has 1 aromatic carbocycles. The van der Waals surface area contributed by atoms with E-state index in [2.05, 4.69) is 6.58 Å². The Morgan fingerprint density at radius 1 is 1.58 bits per heavy atom. The summed E-state index contributed by atoms with van der Waals surface area (Å²) in [6, 6.07) is 6.10. The molecule has 102 valence electrons. The van der Waals surface area contributed by atoms with E-state index in [9.17, 15) is 9.18 Å². The Morgan fingerprint density at radius 3 is 3.05 bits per heavy atom. The van der Waals surface area contributed by atoms with Gasteiger partial charge in [-0.1, -0.05) is 12.1 Å². The van der Waals surface area contributed by atoms with Crippen LogP contribution in [0.4, 0.5) is 9.18 Å². The van der Waals surface area contributed by atoms with Crippen molar-refractivity contribution in [2.24, 2.45) is 0 Å². The van der Waals surface area contributed by atoms with Gasteiger partial charge < -0.3 is 14.4 Å². The van der Waals surface area contributed by atoms with Crippen molar-refractivity contribution in [1.82, 2.24) is 4.90 Å². The van der Waals surface area contributed by atoms with E-state index >= 15 is 0 Å². The lowest BCUT2D eigenvalue weighted by Gasteiger charge is -2.32. The fourth-order valence-corrected chi connectivity index (χ4v) is 1.95. The highest BCUT2D eigenvalue weighted by Gasteiger charge is 2.26. The molecule has 1 aliphatic rings. The number of carbonyl (C=O) groups excluding carboxylic acids is 1. The number of hydrogen-bond donors (Lipinski definition) is 0. The molecule has 2 rings (SSSR count). The molecule has 0 spiro atoms. The zero-order chi connectivity index (χ0) is 13.8. The van der Waals surface area contributed by atoms with E-state index in [1.54, 1.807) is 12.1 Å². The monoisotopic (exact) mass is 285 g/mol. The first-order chi connectivity index (χ1) is 9.06. The van der Waals surface area contributed by atoms with E-state index < -0.39 is 6.09 Å². The van der Waals surface area contributed by atoms with Crippen LogP contribution < -0.4 is 0 Å². The number of amides is 1. The van der Waals surface area contributed by atoms with Gasteiger partial charge in [-0.25, -0.2) is 9.18 Å². The van der Waals surface area contributed by atoms with Gasteiger partial charge in [0.1, 0.15) is 11.9 Å². The van der Waals surface area contributed by atoms with Crippen LogP contribution in [0.15, 0.2) is 36.1 Å².